The monoisotopic (exact) mass is 294 g/mol. The number of nitrogens with zero attached hydrogens (tertiary/aromatic N) is 1. The van der Waals surface area contributed by atoms with Gasteiger partial charge in [0, 0.05) is 18.0 Å². The normalized spacial score (nSPS) is 21.4. The highest BCUT2D eigenvalue weighted by molar-refractivity contribution is 7.98. The molecule has 1 fully saturated rings. The molecule has 0 saturated carbocycles. The zero-order chi connectivity index (χ0) is 14.5. The van der Waals surface area contributed by atoms with Gasteiger partial charge >= 0.3 is 0 Å². The van der Waals surface area contributed by atoms with Crippen LogP contribution in [0.5, 0.6) is 0 Å². The van der Waals surface area contributed by atoms with E-state index in [1.165, 1.54) is 0 Å². The SMILES string of the molecule is CSc1ccccc1NC(=O)C(C)N1CCOC(C)C1. The molecule has 0 aromatic heterocycles. The van der Waals surface area contributed by atoms with Gasteiger partial charge in [-0.15, -0.1) is 11.8 Å². The average Bonchev–Trinajstić information content (AvgIpc) is 2.47. The molecule has 5 heteroatoms. The second-order valence-corrected chi connectivity index (χ2v) is 5.89. The van der Waals surface area contributed by atoms with Crippen molar-refractivity contribution >= 4 is 23.4 Å². The van der Waals surface area contributed by atoms with Crippen LogP contribution in [0.25, 0.3) is 0 Å². The van der Waals surface area contributed by atoms with E-state index in [-0.39, 0.29) is 18.1 Å². The van der Waals surface area contributed by atoms with Gasteiger partial charge in [0.1, 0.15) is 0 Å². The van der Waals surface area contributed by atoms with Crippen LogP contribution in [0.4, 0.5) is 5.69 Å². The number of benzene rings is 1. The molecule has 0 bridgehead atoms. The van der Waals surface area contributed by atoms with Crippen molar-refractivity contribution in [3.63, 3.8) is 0 Å². The van der Waals surface area contributed by atoms with Gasteiger partial charge < -0.3 is 10.1 Å². The smallest absolute Gasteiger partial charge is 0.241 e. The molecule has 1 N–H and O–H groups in total. The van der Waals surface area contributed by atoms with Crippen LogP contribution in [0, 0.1) is 0 Å². The first-order chi connectivity index (χ1) is 9.61. The summed E-state index contributed by atoms with van der Waals surface area (Å²) < 4.78 is 5.52. The molecule has 0 aliphatic carbocycles. The number of para-hydroxylation sites is 1. The molecular formula is C15H22N2O2S. The lowest BCUT2D eigenvalue weighted by Crippen LogP contribution is -2.50. The number of hydrogen-bond acceptors (Lipinski definition) is 4. The van der Waals surface area contributed by atoms with Gasteiger partial charge in [-0.2, -0.15) is 0 Å². The lowest BCUT2D eigenvalue weighted by atomic mass is 10.2. The number of morpholine rings is 1. The van der Waals surface area contributed by atoms with E-state index in [4.69, 9.17) is 4.74 Å². The number of ether oxygens (including phenoxy) is 1. The van der Waals surface area contributed by atoms with Crippen molar-refractivity contribution in [2.45, 2.75) is 30.9 Å². The van der Waals surface area contributed by atoms with Crippen molar-refractivity contribution < 1.29 is 9.53 Å². The number of carbonyl (C=O) groups excluding carboxylic acids is 1. The Kier molecular flexibility index (Phi) is 5.46. The van der Waals surface area contributed by atoms with Crippen molar-refractivity contribution in [2.75, 3.05) is 31.3 Å². The number of nitrogens with one attached hydrogen (secondary N) is 1. The molecule has 1 saturated heterocycles. The fraction of sp³-hybridized carbons (Fsp3) is 0.533. The molecule has 1 aromatic rings. The molecule has 20 heavy (non-hydrogen) atoms. The maximum atomic E-state index is 12.4. The van der Waals surface area contributed by atoms with Gasteiger partial charge in [-0.05, 0) is 32.2 Å². The van der Waals surface area contributed by atoms with E-state index >= 15 is 0 Å². The maximum absolute atomic E-state index is 12.4. The summed E-state index contributed by atoms with van der Waals surface area (Å²) in [6.45, 7) is 6.30. The van der Waals surface area contributed by atoms with E-state index in [2.05, 4.69) is 10.2 Å². The third-order valence-corrected chi connectivity index (χ3v) is 4.36. The number of hydrogen-bond donors (Lipinski definition) is 1. The fourth-order valence-corrected chi connectivity index (χ4v) is 2.90. The molecule has 1 aliphatic heterocycles. The molecule has 1 aliphatic rings. The first-order valence-electron chi connectivity index (χ1n) is 6.91. The second-order valence-electron chi connectivity index (χ2n) is 5.04. The van der Waals surface area contributed by atoms with Crippen LogP contribution in [0.3, 0.4) is 0 Å². The Balaban J connectivity index is 2.00. The van der Waals surface area contributed by atoms with Crippen molar-refractivity contribution in [1.82, 2.24) is 4.90 Å². The molecule has 2 atom stereocenters. The molecular weight excluding hydrogens is 272 g/mol. The van der Waals surface area contributed by atoms with E-state index in [1.807, 2.05) is 44.4 Å². The third-order valence-electron chi connectivity index (χ3n) is 3.56. The van der Waals surface area contributed by atoms with Crippen LogP contribution in [0.1, 0.15) is 13.8 Å². The topological polar surface area (TPSA) is 41.6 Å². The number of carbonyl (C=O) groups is 1. The quantitative estimate of drug-likeness (QED) is 0.866. The summed E-state index contributed by atoms with van der Waals surface area (Å²) in [5, 5.41) is 3.03. The summed E-state index contributed by atoms with van der Waals surface area (Å²) >= 11 is 1.64. The Morgan fingerprint density at radius 3 is 2.95 bits per heavy atom. The van der Waals surface area contributed by atoms with Gasteiger partial charge in [0.05, 0.1) is 24.4 Å². The Hall–Kier alpha value is -1.04. The van der Waals surface area contributed by atoms with E-state index < -0.39 is 0 Å². The van der Waals surface area contributed by atoms with Crippen LogP contribution in [0.15, 0.2) is 29.2 Å². The van der Waals surface area contributed by atoms with Crippen molar-refractivity contribution in [2.24, 2.45) is 0 Å². The summed E-state index contributed by atoms with van der Waals surface area (Å²) in [4.78, 5) is 15.6. The summed E-state index contributed by atoms with van der Waals surface area (Å²) in [5.74, 6) is 0.0422. The van der Waals surface area contributed by atoms with E-state index in [0.29, 0.717) is 6.61 Å². The molecule has 0 spiro atoms. The van der Waals surface area contributed by atoms with Crippen molar-refractivity contribution in [1.29, 1.82) is 0 Å². The van der Waals surface area contributed by atoms with Gasteiger partial charge in [0.25, 0.3) is 0 Å². The Bertz CT molecular complexity index is 467. The van der Waals surface area contributed by atoms with E-state index in [9.17, 15) is 4.79 Å². The highest BCUT2D eigenvalue weighted by Gasteiger charge is 2.26. The molecule has 1 heterocycles. The van der Waals surface area contributed by atoms with E-state index in [1.54, 1.807) is 11.8 Å². The summed E-state index contributed by atoms with van der Waals surface area (Å²) in [5.41, 5.74) is 0.887. The van der Waals surface area contributed by atoms with Gasteiger partial charge in [-0.3, -0.25) is 9.69 Å². The van der Waals surface area contributed by atoms with Crippen LogP contribution in [0.2, 0.25) is 0 Å². The highest BCUT2D eigenvalue weighted by atomic mass is 32.2. The highest BCUT2D eigenvalue weighted by Crippen LogP contribution is 2.25. The van der Waals surface area contributed by atoms with Crippen LogP contribution >= 0.6 is 11.8 Å². The molecule has 1 aromatic carbocycles. The largest absolute Gasteiger partial charge is 0.376 e. The van der Waals surface area contributed by atoms with Gasteiger partial charge in [-0.25, -0.2) is 0 Å². The molecule has 110 valence electrons. The predicted molar refractivity (Wildman–Crippen MR) is 83.3 cm³/mol. The van der Waals surface area contributed by atoms with Crippen LogP contribution < -0.4 is 5.32 Å². The van der Waals surface area contributed by atoms with Crippen molar-refractivity contribution in [3.8, 4) is 0 Å². The number of anilines is 1. The first kappa shape index (κ1) is 15.4. The second kappa shape index (κ2) is 7.11. The Labute approximate surface area is 124 Å². The number of amides is 1. The summed E-state index contributed by atoms with van der Waals surface area (Å²) in [6.07, 6.45) is 2.20. The molecule has 2 rings (SSSR count). The first-order valence-corrected chi connectivity index (χ1v) is 8.14. The van der Waals surface area contributed by atoms with Gasteiger partial charge in [-0.1, -0.05) is 12.1 Å². The molecule has 0 radical (unpaired) electrons. The van der Waals surface area contributed by atoms with Gasteiger partial charge in [0.2, 0.25) is 5.91 Å². The minimum Gasteiger partial charge on any atom is -0.376 e. The molecule has 2 unspecified atom stereocenters. The van der Waals surface area contributed by atoms with Crippen LogP contribution in [-0.2, 0) is 9.53 Å². The zero-order valence-electron chi connectivity index (χ0n) is 12.3. The lowest BCUT2D eigenvalue weighted by Gasteiger charge is -2.34. The lowest BCUT2D eigenvalue weighted by molar-refractivity contribution is -0.123. The minimum absolute atomic E-state index is 0.0422. The Morgan fingerprint density at radius 2 is 2.25 bits per heavy atom. The average molecular weight is 294 g/mol. The minimum atomic E-state index is -0.142. The molecule has 4 nitrogen and oxygen atoms in total. The fourth-order valence-electron chi connectivity index (χ4n) is 2.35. The van der Waals surface area contributed by atoms with Gasteiger partial charge in [0.15, 0.2) is 0 Å². The standard InChI is InChI=1S/C15H22N2O2S/c1-11-10-17(8-9-19-11)12(2)15(18)16-13-6-4-5-7-14(13)20-3/h4-7,11-12H,8-10H2,1-3H3,(H,16,18). The predicted octanol–water partition coefficient (Wildman–Crippen LogP) is 2.46. The Morgan fingerprint density at radius 1 is 1.50 bits per heavy atom. The number of thioether (sulfide) groups is 1. The zero-order valence-corrected chi connectivity index (χ0v) is 13.1. The molecule has 1 amide bonds. The summed E-state index contributed by atoms with van der Waals surface area (Å²) in [7, 11) is 0. The maximum Gasteiger partial charge on any atom is 0.241 e. The van der Waals surface area contributed by atoms with Crippen LogP contribution in [-0.4, -0.2) is 48.9 Å². The number of rotatable bonds is 4. The van der Waals surface area contributed by atoms with Crippen molar-refractivity contribution in [3.05, 3.63) is 24.3 Å². The van der Waals surface area contributed by atoms with E-state index in [0.717, 1.165) is 23.7 Å². The summed E-state index contributed by atoms with van der Waals surface area (Å²) in [6, 6.07) is 7.74. The third kappa shape index (κ3) is 3.75.